The summed E-state index contributed by atoms with van der Waals surface area (Å²) in [5, 5.41) is 4.94. The Bertz CT molecular complexity index is 3390. The monoisotopic (exact) mass is 780 g/mol. The van der Waals surface area contributed by atoms with E-state index in [-0.39, 0.29) is 0 Å². The molecule has 0 aliphatic heterocycles. The van der Waals surface area contributed by atoms with Gasteiger partial charge in [-0.25, -0.2) is 9.97 Å². The van der Waals surface area contributed by atoms with E-state index in [9.17, 15) is 0 Å². The molecule has 1 aliphatic carbocycles. The fourth-order valence-corrected chi connectivity index (χ4v) is 11.1. The van der Waals surface area contributed by atoms with Crippen LogP contribution in [0.15, 0.2) is 218 Å². The molecule has 12 rings (SSSR count). The molecule has 0 saturated heterocycles. The molecule has 9 aromatic carbocycles. The topological polar surface area (TPSA) is 25.8 Å². The highest BCUT2D eigenvalue weighted by Crippen LogP contribution is 2.58. The number of thiophene rings is 1. The smallest absolute Gasteiger partial charge is 0.160 e. The molecule has 280 valence electrons. The van der Waals surface area contributed by atoms with Crippen LogP contribution < -0.4 is 0 Å². The van der Waals surface area contributed by atoms with Crippen molar-refractivity contribution in [1.82, 2.24) is 9.97 Å². The number of hydrogen-bond acceptors (Lipinski definition) is 3. The minimum Gasteiger partial charge on any atom is -0.228 e. The van der Waals surface area contributed by atoms with Crippen LogP contribution in [0.2, 0.25) is 0 Å². The maximum absolute atomic E-state index is 5.67. The van der Waals surface area contributed by atoms with Crippen molar-refractivity contribution in [3.05, 3.63) is 241 Å². The average Bonchev–Trinajstić information content (AvgIpc) is 3.86. The zero-order valence-electron chi connectivity index (χ0n) is 32.6. The third kappa shape index (κ3) is 5.19. The maximum Gasteiger partial charge on any atom is 0.160 e. The van der Waals surface area contributed by atoms with Crippen molar-refractivity contribution in [3.8, 4) is 56.2 Å². The molecule has 2 heterocycles. The molecule has 0 atom stereocenters. The lowest BCUT2D eigenvalue weighted by atomic mass is 9.66. The molecule has 0 N–H and O–H groups in total. The Morgan fingerprint density at radius 2 is 0.867 bits per heavy atom. The highest BCUT2D eigenvalue weighted by Gasteiger charge is 2.47. The molecular formula is C57H36N2S. The van der Waals surface area contributed by atoms with E-state index in [0.717, 1.165) is 33.6 Å². The molecule has 0 unspecified atom stereocenters. The highest BCUT2D eigenvalue weighted by molar-refractivity contribution is 7.26. The second-order valence-electron chi connectivity index (χ2n) is 15.6. The molecule has 2 aromatic heterocycles. The zero-order chi connectivity index (χ0) is 39.6. The minimum absolute atomic E-state index is 0.614. The predicted molar refractivity (Wildman–Crippen MR) is 251 cm³/mol. The van der Waals surface area contributed by atoms with Crippen molar-refractivity contribution in [2.45, 2.75) is 5.41 Å². The van der Waals surface area contributed by atoms with Gasteiger partial charge < -0.3 is 0 Å². The lowest BCUT2D eigenvalue weighted by molar-refractivity contribution is 0.769. The Labute approximate surface area is 352 Å². The minimum atomic E-state index is -0.614. The van der Waals surface area contributed by atoms with Gasteiger partial charge in [0.2, 0.25) is 0 Å². The zero-order valence-corrected chi connectivity index (χ0v) is 33.4. The molecule has 0 bridgehead atoms. The van der Waals surface area contributed by atoms with Crippen LogP contribution in [0.3, 0.4) is 0 Å². The van der Waals surface area contributed by atoms with Gasteiger partial charge in [0.25, 0.3) is 0 Å². The largest absolute Gasteiger partial charge is 0.228 e. The number of fused-ring (bicyclic) bond motifs is 7. The summed E-state index contributed by atoms with van der Waals surface area (Å²) in [6, 6.07) is 79.1. The van der Waals surface area contributed by atoms with E-state index in [0.29, 0.717) is 5.82 Å². The van der Waals surface area contributed by atoms with Crippen LogP contribution >= 0.6 is 11.3 Å². The van der Waals surface area contributed by atoms with Gasteiger partial charge in [-0.3, -0.25) is 0 Å². The van der Waals surface area contributed by atoms with Crippen LogP contribution in [0.1, 0.15) is 22.3 Å². The predicted octanol–water partition coefficient (Wildman–Crippen LogP) is 15.0. The molecule has 11 aromatic rings. The Balaban J connectivity index is 1.19. The van der Waals surface area contributed by atoms with E-state index in [1.807, 2.05) is 11.3 Å². The van der Waals surface area contributed by atoms with E-state index >= 15 is 0 Å². The maximum atomic E-state index is 5.67. The van der Waals surface area contributed by atoms with Crippen LogP contribution in [0.25, 0.3) is 87.1 Å². The molecule has 0 amide bonds. The normalized spacial score (nSPS) is 12.8. The lowest BCUT2D eigenvalue weighted by Gasteiger charge is -2.35. The van der Waals surface area contributed by atoms with Gasteiger partial charge in [-0.1, -0.05) is 206 Å². The van der Waals surface area contributed by atoms with E-state index in [2.05, 4.69) is 218 Å². The molecule has 0 radical (unpaired) electrons. The summed E-state index contributed by atoms with van der Waals surface area (Å²) in [5.41, 5.74) is 14.0. The van der Waals surface area contributed by atoms with E-state index in [1.54, 1.807) is 0 Å². The third-order valence-electron chi connectivity index (χ3n) is 12.4. The van der Waals surface area contributed by atoms with Gasteiger partial charge in [-0.15, -0.1) is 11.3 Å². The van der Waals surface area contributed by atoms with E-state index in [4.69, 9.17) is 9.97 Å². The number of nitrogens with zero attached hydrogens (tertiary/aromatic N) is 2. The van der Waals surface area contributed by atoms with Gasteiger partial charge in [0.1, 0.15) is 0 Å². The van der Waals surface area contributed by atoms with Crippen molar-refractivity contribution in [1.29, 1.82) is 0 Å². The summed E-state index contributed by atoms with van der Waals surface area (Å²) in [6.45, 7) is 0. The fourth-order valence-electron chi connectivity index (χ4n) is 9.88. The van der Waals surface area contributed by atoms with E-state index in [1.165, 1.54) is 69.9 Å². The Kier molecular flexibility index (Phi) is 7.97. The highest BCUT2D eigenvalue weighted by atomic mass is 32.1. The van der Waals surface area contributed by atoms with E-state index < -0.39 is 5.41 Å². The standard InChI is InChI=1S/C57H36N2S/c1-3-20-38(21-4-1)57(39-22-5-2-6-23-39)50-34-13-11-26-43(50)46-30-16-33-49(54(46)57)56-58-51(44-27-10-9-25-42(44)41-29-15-19-37-18-7-8-24-40(37)41)36-52(59-56)48-32-17-31-47-45-28-12-14-35-53(45)60-55(47)48/h1-36H. The van der Waals surface area contributed by atoms with Gasteiger partial charge >= 0.3 is 0 Å². The number of aromatic nitrogens is 2. The van der Waals surface area contributed by atoms with Gasteiger partial charge in [0.15, 0.2) is 5.82 Å². The molecule has 0 spiro atoms. The molecular weight excluding hydrogens is 745 g/mol. The van der Waals surface area contributed by atoms with Crippen LogP contribution in [0.4, 0.5) is 0 Å². The molecule has 60 heavy (non-hydrogen) atoms. The Morgan fingerprint density at radius 1 is 0.350 bits per heavy atom. The first-order chi connectivity index (χ1) is 29.8. The number of benzene rings is 9. The molecule has 0 saturated carbocycles. The fraction of sp³-hybridized carbons (Fsp3) is 0.0175. The second kappa shape index (κ2) is 13.8. The summed E-state index contributed by atoms with van der Waals surface area (Å²) in [5.74, 6) is 0.703. The van der Waals surface area contributed by atoms with Crippen molar-refractivity contribution in [2.75, 3.05) is 0 Å². The molecule has 1 aliphatic rings. The van der Waals surface area contributed by atoms with Crippen LogP contribution in [-0.4, -0.2) is 9.97 Å². The third-order valence-corrected chi connectivity index (χ3v) is 13.6. The summed E-state index contributed by atoms with van der Waals surface area (Å²) in [4.78, 5) is 11.3. The SMILES string of the molecule is c1ccc(C2(c3ccccc3)c3ccccc3-c3cccc(-c4nc(-c5ccccc5-c5cccc6ccccc56)cc(-c5cccc6c5sc5ccccc56)n4)c32)cc1. The average molecular weight is 781 g/mol. The van der Waals surface area contributed by atoms with Gasteiger partial charge in [0, 0.05) is 36.9 Å². The number of hydrogen-bond donors (Lipinski definition) is 0. The number of rotatable bonds is 6. The van der Waals surface area contributed by atoms with Crippen LogP contribution in [0, 0.1) is 0 Å². The van der Waals surface area contributed by atoms with Crippen molar-refractivity contribution in [3.63, 3.8) is 0 Å². The molecule has 2 nitrogen and oxygen atoms in total. The molecule has 0 fully saturated rings. The van der Waals surface area contributed by atoms with Gasteiger partial charge in [-0.2, -0.15) is 0 Å². The first-order valence-corrected chi connectivity index (χ1v) is 21.3. The Hall–Kier alpha value is -7.46. The second-order valence-corrected chi connectivity index (χ2v) is 16.6. The van der Waals surface area contributed by atoms with Crippen molar-refractivity contribution >= 4 is 42.3 Å². The summed E-state index contributed by atoms with van der Waals surface area (Å²) in [7, 11) is 0. The lowest BCUT2D eigenvalue weighted by Crippen LogP contribution is -2.29. The van der Waals surface area contributed by atoms with Crippen LogP contribution in [0.5, 0.6) is 0 Å². The van der Waals surface area contributed by atoms with Crippen LogP contribution in [-0.2, 0) is 5.41 Å². The van der Waals surface area contributed by atoms with Gasteiger partial charge in [-0.05, 0) is 67.4 Å². The summed E-state index contributed by atoms with van der Waals surface area (Å²) >= 11 is 1.83. The quantitative estimate of drug-likeness (QED) is 0.168. The summed E-state index contributed by atoms with van der Waals surface area (Å²) in [6.07, 6.45) is 0. The van der Waals surface area contributed by atoms with Crippen molar-refractivity contribution < 1.29 is 0 Å². The van der Waals surface area contributed by atoms with Crippen molar-refractivity contribution in [2.24, 2.45) is 0 Å². The Morgan fingerprint density at radius 3 is 1.67 bits per heavy atom. The summed E-state index contributed by atoms with van der Waals surface area (Å²) < 4.78 is 2.50. The van der Waals surface area contributed by atoms with Gasteiger partial charge in [0.05, 0.1) is 16.8 Å². The first kappa shape index (κ1) is 34.6. The first-order valence-electron chi connectivity index (χ1n) is 20.5. The molecule has 3 heteroatoms.